The van der Waals surface area contributed by atoms with Crippen molar-refractivity contribution in [2.24, 2.45) is 0 Å². The van der Waals surface area contributed by atoms with E-state index in [1.54, 1.807) is 25.3 Å². The van der Waals surface area contributed by atoms with Gasteiger partial charge in [-0.2, -0.15) is 0 Å². The molecule has 0 aliphatic carbocycles. The van der Waals surface area contributed by atoms with Crippen LogP contribution in [0, 0.1) is 0 Å². The Labute approximate surface area is 114 Å². The number of nitrogens with two attached hydrogens (primary N) is 1. The van der Waals surface area contributed by atoms with Gasteiger partial charge in [-0.05, 0) is 31.5 Å². The molecule has 106 valence electrons. The van der Waals surface area contributed by atoms with E-state index in [-0.39, 0.29) is 11.6 Å². The van der Waals surface area contributed by atoms with E-state index >= 15 is 0 Å². The van der Waals surface area contributed by atoms with Crippen LogP contribution in [0.3, 0.4) is 0 Å². The Kier molecular flexibility index (Phi) is 5.63. The monoisotopic (exact) mass is 266 g/mol. The summed E-state index contributed by atoms with van der Waals surface area (Å²) in [7, 11) is 1.63. The van der Waals surface area contributed by atoms with Crippen LogP contribution in [-0.4, -0.2) is 37.4 Å². The summed E-state index contributed by atoms with van der Waals surface area (Å²) in [5.74, 6) is -0.944. The van der Waals surface area contributed by atoms with Gasteiger partial charge in [-0.1, -0.05) is 6.92 Å². The number of ether oxygens (including phenoxy) is 1. The number of hydrogen-bond acceptors (Lipinski definition) is 4. The minimum atomic E-state index is -0.944. The van der Waals surface area contributed by atoms with Gasteiger partial charge in [-0.15, -0.1) is 0 Å². The van der Waals surface area contributed by atoms with Gasteiger partial charge in [-0.25, -0.2) is 4.79 Å². The highest BCUT2D eigenvalue weighted by molar-refractivity contribution is 5.95. The first-order valence-electron chi connectivity index (χ1n) is 6.39. The zero-order chi connectivity index (χ0) is 14.4. The van der Waals surface area contributed by atoms with Gasteiger partial charge in [0.05, 0.1) is 17.9 Å². The lowest BCUT2D eigenvalue weighted by atomic mass is 10.1. The predicted molar refractivity (Wildman–Crippen MR) is 76.8 cm³/mol. The molecule has 0 aliphatic rings. The van der Waals surface area contributed by atoms with Crippen molar-refractivity contribution >= 4 is 17.3 Å². The molecule has 0 aliphatic heterocycles. The fourth-order valence-electron chi connectivity index (χ4n) is 1.96. The Hall–Kier alpha value is -1.75. The second-order valence-electron chi connectivity index (χ2n) is 4.53. The maximum absolute atomic E-state index is 11.3. The van der Waals surface area contributed by atoms with E-state index in [9.17, 15) is 9.90 Å². The van der Waals surface area contributed by atoms with E-state index in [1.165, 1.54) is 0 Å². The van der Waals surface area contributed by atoms with Crippen molar-refractivity contribution in [1.29, 1.82) is 0 Å². The molecule has 1 aromatic carbocycles. The second kappa shape index (κ2) is 6.99. The second-order valence-corrected chi connectivity index (χ2v) is 4.53. The summed E-state index contributed by atoms with van der Waals surface area (Å²) in [6, 6.07) is 5.09. The largest absolute Gasteiger partial charge is 0.478 e. The highest BCUT2D eigenvalue weighted by Crippen LogP contribution is 2.26. The van der Waals surface area contributed by atoms with E-state index in [2.05, 4.69) is 13.8 Å². The topological polar surface area (TPSA) is 75.8 Å². The smallest absolute Gasteiger partial charge is 0.337 e. The molecule has 0 heterocycles. The molecule has 5 nitrogen and oxygen atoms in total. The number of methoxy groups -OCH3 is 1. The molecule has 0 spiro atoms. The third-order valence-corrected chi connectivity index (χ3v) is 3.22. The Morgan fingerprint density at radius 2 is 2.21 bits per heavy atom. The summed E-state index contributed by atoms with van der Waals surface area (Å²) in [6.45, 7) is 5.30. The Bertz CT molecular complexity index is 435. The Morgan fingerprint density at radius 1 is 1.53 bits per heavy atom. The zero-order valence-corrected chi connectivity index (χ0v) is 11.7. The minimum Gasteiger partial charge on any atom is -0.478 e. The van der Waals surface area contributed by atoms with Gasteiger partial charge in [-0.3, -0.25) is 0 Å². The highest BCUT2D eigenvalue weighted by Gasteiger charge is 2.19. The average molecular weight is 266 g/mol. The van der Waals surface area contributed by atoms with Crippen molar-refractivity contribution in [2.45, 2.75) is 26.3 Å². The molecule has 0 saturated carbocycles. The first-order chi connectivity index (χ1) is 9.01. The lowest BCUT2D eigenvalue weighted by Gasteiger charge is -2.31. The number of carbonyl (C=O) groups is 1. The number of hydrogen-bond donors (Lipinski definition) is 2. The van der Waals surface area contributed by atoms with Crippen molar-refractivity contribution in [1.82, 2.24) is 0 Å². The first-order valence-corrected chi connectivity index (χ1v) is 6.39. The van der Waals surface area contributed by atoms with Crippen molar-refractivity contribution < 1.29 is 14.6 Å². The number of nitrogen functional groups attached to an aromatic ring is 1. The van der Waals surface area contributed by atoms with Crippen molar-refractivity contribution in [2.75, 3.05) is 30.9 Å². The van der Waals surface area contributed by atoms with Crippen LogP contribution >= 0.6 is 0 Å². The molecule has 1 unspecified atom stereocenters. The minimum absolute atomic E-state index is 0.218. The fourth-order valence-corrected chi connectivity index (χ4v) is 1.96. The molecule has 19 heavy (non-hydrogen) atoms. The van der Waals surface area contributed by atoms with Crippen LogP contribution in [0.15, 0.2) is 18.2 Å². The van der Waals surface area contributed by atoms with Gasteiger partial charge < -0.3 is 20.5 Å². The molecular weight excluding hydrogens is 244 g/mol. The summed E-state index contributed by atoms with van der Waals surface area (Å²) < 4.78 is 5.10. The fraction of sp³-hybridized carbons (Fsp3) is 0.500. The molecule has 0 radical (unpaired) electrons. The molecule has 0 saturated heterocycles. The molecule has 1 atom stereocenters. The first kappa shape index (κ1) is 15.3. The van der Waals surface area contributed by atoms with Crippen LogP contribution in [0.25, 0.3) is 0 Å². The van der Waals surface area contributed by atoms with E-state index in [4.69, 9.17) is 10.5 Å². The summed E-state index contributed by atoms with van der Waals surface area (Å²) in [4.78, 5) is 13.4. The maximum atomic E-state index is 11.3. The number of carboxylic acid groups (broad SMARTS) is 1. The average Bonchev–Trinajstić information content (AvgIpc) is 2.38. The molecule has 1 aromatic rings. The number of benzene rings is 1. The Balaban J connectivity index is 3.19. The van der Waals surface area contributed by atoms with Crippen LogP contribution in [0.2, 0.25) is 0 Å². The van der Waals surface area contributed by atoms with E-state index in [0.717, 1.165) is 6.42 Å². The number of aromatic carboxylic acids is 1. The van der Waals surface area contributed by atoms with Gasteiger partial charge in [0.25, 0.3) is 0 Å². The van der Waals surface area contributed by atoms with Gasteiger partial charge in [0, 0.05) is 25.4 Å². The number of nitrogens with zero attached hydrogens (tertiary/aromatic N) is 1. The molecular formula is C14H22N2O3. The maximum Gasteiger partial charge on any atom is 0.337 e. The molecule has 0 bridgehead atoms. The number of anilines is 2. The molecule has 3 N–H and O–H groups in total. The standard InChI is InChI=1S/C14H22N2O3/c1-4-10(2)16(7-8-19-3)13-9-11(15)5-6-12(13)14(17)18/h5-6,9-10H,4,7-8,15H2,1-3H3,(H,17,18). The van der Waals surface area contributed by atoms with E-state index in [1.807, 2.05) is 4.90 Å². The number of rotatable bonds is 7. The zero-order valence-electron chi connectivity index (χ0n) is 11.7. The summed E-state index contributed by atoms with van der Waals surface area (Å²) >= 11 is 0. The van der Waals surface area contributed by atoms with Gasteiger partial charge in [0.1, 0.15) is 0 Å². The highest BCUT2D eigenvalue weighted by atomic mass is 16.5. The summed E-state index contributed by atoms with van der Waals surface area (Å²) in [6.07, 6.45) is 0.914. The van der Waals surface area contributed by atoms with E-state index in [0.29, 0.717) is 24.5 Å². The quantitative estimate of drug-likeness (QED) is 0.740. The molecule has 0 amide bonds. The Morgan fingerprint density at radius 3 is 2.74 bits per heavy atom. The van der Waals surface area contributed by atoms with Crippen molar-refractivity contribution in [3.8, 4) is 0 Å². The third-order valence-electron chi connectivity index (χ3n) is 3.22. The molecule has 0 fully saturated rings. The normalized spacial score (nSPS) is 12.2. The lowest BCUT2D eigenvalue weighted by Crippen LogP contribution is -2.36. The lowest BCUT2D eigenvalue weighted by molar-refractivity contribution is 0.0697. The van der Waals surface area contributed by atoms with Gasteiger partial charge in [0.15, 0.2) is 0 Å². The van der Waals surface area contributed by atoms with Crippen LogP contribution in [-0.2, 0) is 4.74 Å². The molecule has 5 heteroatoms. The van der Waals surface area contributed by atoms with Gasteiger partial charge >= 0.3 is 5.97 Å². The van der Waals surface area contributed by atoms with Gasteiger partial charge in [0.2, 0.25) is 0 Å². The number of carboxylic acids is 1. The van der Waals surface area contributed by atoms with Crippen molar-refractivity contribution in [3.05, 3.63) is 23.8 Å². The predicted octanol–water partition coefficient (Wildman–Crippen LogP) is 2.22. The van der Waals surface area contributed by atoms with E-state index < -0.39 is 5.97 Å². The summed E-state index contributed by atoms with van der Waals surface area (Å²) in [5.41, 5.74) is 7.27. The van der Waals surface area contributed by atoms with Crippen LogP contribution in [0.4, 0.5) is 11.4 Å². The SMILES string of the molecule is CCC(C)N(CCOC)c1cc(N)ccc1C(=O)O. The van der Waals surface area contributed by atoms with Crippen LogP contribution in [0.5, 0.6) is 0 Å². The summed E-state index contributed by atoms with van der Waals surface area (Å²) in [5, 5.41) is 9.29. The molecule has 0 aromatic heterocycles. The van der Waals surface area contributed by atoms with Crippen molar-refractivity contribution in [3.63, 3.8) is 0 Å². The molecule has 1 rings (SSSR count). The van der Waals surface area contributed by atoms with Crippen LogP contribution in [0.1, 0.15) is 30.6 Å². The third kappa shape index (κ3) is 3.86. The van der Waals surface area contributed by atoms with Crippen LogP contribution < -0.4 is 10.6 Å².